The molecule has 2 rings (SSSR count). The van der Waals surface area contributed by atoms with Crippen molar-refractivity contribution < 1.29 is 4.79 Å². The molecule has 1 amide bonds. The van der Waals surface area contributed by atoms with Crippen LogP contribution < -0.4 is 11.1 Å². The van der Waals surface area contributed by atoms with E-state index >= 15 is 0 Å². The normalized spacial score (nSPS) is 23.9. The zero-order chi connectivity index (χ0) is 14.4. The number of piperazine rings is 1. The van der Waals surface area contributed by atoms with Gasteiger partial charge in [0.2, 0.25) is 5.91 Å². The maximum absolute atomic E-state index is 12.1. The van der Waals surface area contributed by atoms with Crippen LogP contribution in [0.25, 0.3) is 0 Å². The van der Waals surface area contributed by atoms with Crippen LogP contribution in [-0.2, 0) is 4.79 Å². The van der Waals surface area contributed by atoms with E-state index in [0.717, 1.165) is 52.1 Å². The standard InChI is InChI=1S/C15H30N4O/c1-2-18-9-11-19(12-10-18)8-5-14(20)17-15(13-16)6-3-4-7-15/h2-13,16H2,1H3,(H,17,20). The molecule has 0 radical (unpaired) electrons. The van der Waals surface area contributed by atoms with E-state index < -0.39 is 0 Å². The van der Waals surface area contributed by atoms with Gasteiger partial charge in [-0.05, 0) is 19.4 Å². The molecule has 0 aromatic heterocycles. The molecule has 0 bridgehead atoms. The number of nitrogens with two attached hydrogens (primary N) is 1. The summed E-state index contributed by atoms with van der Waals surface area (Å²) in [6.45, 7) is 9.23. The van der Waals surface area contributed by atoms with Gasteiger partial charge < -0.3 is 20.9 Å². The van der Waals surface area contributed by atoms with Crippen LogP contribution in [0.15, 0.2) is 0 Å². The first-order chi connectivity index (χ1) is 9.67. The molecule has 20 heavy (non-hydrogen) atoms. The Labute approximate surface area is 122 Å². The van der Waals surface area contributed by atoms with Crippen molar-refractivity contribution in [3.05, 3.63) is 0 Å². The molecule has 0 aromatic carbocycles. The van der Waals surface area contributed by atoms with Gasteiger partial charge >= 0.3 is 0 Å². The Morgan fingerprint density at radius 3 is 2.30 bits per heavy atom. The molecule has 116 valence electrons. The summed E-state index contributed by atoms with van der Waals surface area (Å²) in [7, 11) is 0. The highest BCUT2D eigenvalue weighted by Gasteiger charge is 2.33. The Hall–Kier alpha value is -0.650. The van der Waals surface area contributed by atoms with Crippen molar-refractivity contribution in [3.8, 4) is 0 Å². The number of amides is 1. The molecule has 2 aliphatic rings. The molecule has 5 heteroatoms. The predicted molar refractivity (Wildman–Crippen MR) is 81.6 cm³/mol. The van der Waals surface area contributed by atoms with E-state index in [9.17, 15) is 4.79 Å². The van der Waals surface area contributed by atoms with Crippen LogP contribution in [-0.4, -0.2) is 67.1 Å². The van der Waals surface area contributed by atoms with Gasteiger partial charge in [0.05, 0.1) is 5.54 Å². The fourth-order valence-corrected chi connectivity index (χ4v) is 3.38. The Kier molecular flexibility index (Phi) is 5.81. The lowest BCUT2D eigenvalue weighted by Crippen LogP contribution is -2.52. The molecule has 3 N–H and O–H groups in total. The van der Waals surface area contributed by atoms with Crippen molar-refractivity contribution in [1.82, 2.24) is 15.1 Å². The minimum atomic E-state index is -0.0992. The van der Waals surface area contributed by atoms with Crippen LogP contribution in [0.3, 0.4) is 0 Å². The van der Waals surface area contributed by atoms with E-state index in [0.29, 0.717) is 13.0 Å². The minimum Gasteiger partial charge on any atom is -0.349 e. The van der Waals surface area contributed by atoms with Crippen molar-refractivity contribution in [2.45, 2.75) is 44.6 Å². The molecule has 1 aliphatic heterocycles. The van der Waals surface area contributed by atoms with E-state index in [1.807, 2.05) is 0 Å². The van der Waals surface area contributed by atoms with E-state index in [1.165, 1.54) is 12.8 Å². The first kappa shape index (κ1) is 15.7. The van der Waals surface area contributed by atoms with Gasteiger partial charge in [-0.2, -0.15) is 0 Å². The summed E-state index contributed by atoms with van der Waals surface area (Å²) in [5, 5.41) is 3.20. The summed E-state index contributed by atoms with van der Waals surface area (Å²) in [6, 6.07) is 0. The lowest BCUT2D eigenvalue weighted by Gasteiger charge is -2.34. The lowest BCUT2D eigenvalue weighted by molar-refractivity contribution is -0.123. The number of hydrogen-bond acceptors (Lipinski definition) is 4. The van der Waals surface area contributed by atoms with Crippen molar-refractivity contribution in [3.63, 3.8) is 0 Å². The Morgan fingerprint density at radius 1 is 1.15 bits per heavy atom. The van der Waals surface area contributed by atoms with Gasteiger partial charge in [-0.15, -0.1) is 0 Å². The largest absolute Gasteiger partial charge is 0.349 e. The van der Waals surface area contributed by atoms with Crippen LogP contribution >= 0.6 is 0 Å². The monoisotopic (exact) mass is 282 g/mol. The average molecular weight is 282 g/mol. The van der Waals surface area contributed by atoms with Gasteiger partial charge in [-0.1, -0.05) is 19.8 Å². The maximum atomic E-state index is 12.1. The first-order valence-corrected chi connectivity index (χ1v) is 8.13. The Balaban J connectivity index is 1.67. The van der Waals surface area contributed by atoms with Crippen molar-refractivity contribution >= 4 is 5.91 Å². The number of hydrogen-bond donors (Lipinski definition) is 2. The minimum absolute atomic E-state index is 0.0992. The zero-order valence-electron chi connectivity index (χ0n) is 12.9. The van der Waals surface area contributed by atoms with Crippen LogP contribution in [0.1, 0.15) is 39.0 Å². The summed E-state index contributed by atoms with van der Waals surface area (Å²) in [5.41, 5.74) is 5.76. The molecule has 0 spiro atoms. The highest BCUT2D eigenvalue weighted by atomic mass is 16.1. The Bertz CT molecular complexity index is 307. The SMILES string of the molecule is CCN1CCN(CCC(=O)NC2(CN)CCCC2)CC1. The van der Waals surface area contributed by atoms with Gasteiger partial charge in [-0.25, -0.2) is 0 Å². The third-order valence-electron chi connectivity index (χ3n) is 4.92. The summed E-state index contributed by atoms with van der Waals surface area (Å²) in [4.78, 5) is 17.0. The van der Waals surface area contributed by atoms with Crippen molar-refractivity contribution in [2.75, 3.05) is 45.8 Å². The van der Waals surface area contributed by atoms with Crippen LogP contribution in [0.5, 0.6) is 0 Å². The predicted octanol–water partition coefficient (Wildman–Crippen LogP) is 0.402. The second kappa shape index (κ2) is 7.38. The summed E-state index contributed by atoms with van der Waals surface area (Å²) < 4.78 is 0. The molecule has 5 nitrogen and oxygen atoms in total. The smallest absolute Gasteiger partial charge is 0.221 e. The molecule has 0 aromatic rings. The number of rotatable bonds is 6. The third kappa shape index (κ3) is 4.17. The second-order valence-electron chi connectivity index (χ2n) is 6.27. The fraction of sp³-hybridized carbons (Fsp3) is 0.933. The summed E-state index contributed by atoms with van der Waals surface area (Å²) in [5.74, 6) is 0.176. The molecule has 1 heterocycles. The molecule has 1 saturated carbocycles. The zero-order valence-corrected chi connectivity index (χ0v) is 12.9. The third-order valence-corrected chi connectivity index (χ3v) is 4.92. The van der Waals surface area contributed by atoms with Crippen molar-refractivity contribution in [2.24, 2.45) is 5.73 Å². The molecule has 1 aliphatic carbocycles. The van der Waals surface area contributed by atoms with E-state index in [-0.39, 0.29) is 11.4 Å². The first-order valence-electron chi connectivity index (χ1n) is 8.13. The van der Waals surface area contributed by atoms with Crippen LogP contribution in [0.4, 0.5) is 0 Å². The quantitative estimate of drug-likeness (QED) is 0.740. The van der Waals surface area contributed by atoms with Gasteiger partial charge in [0.25, 0.3) is 0 Å². The molecular formula is C15H30N4O. The second-order valence-corrected chi connectivity index (χ2v) is 6.27. The highest BCUT2D eigenvalue weighted by molar-refractivity contribution is 5.77. The van der Waals surface area contributed by atoms with Crippen LogP contribution in [0, 0.1) is 0 Å². The number of carbonyl (C=O) groups excluding carboxylic acids is 1. The topological polar surface area (TPSA) is 61.6 Å². The van der Waals surface area contributed by atoms with E-state index in [2.05, 4.69) is 22.0 Å². The fourth-order valence-electron chi connectivity index (χ4n) is 3.38. The molecule has 2 fully saturated rings. The number of carbonyl (C=O) groups is 1. The molecular weight excluding hydrogens is 252 g/mol. The van der Waals surface area contributed by atoms with Crippen LogP contribution in [0.2, 0.25) is 0 Å². The van der Waals surface area contributed by atoms with Gasteiger partial charge in [0.15, 0.2) is 0 Å². The maximum Gasteiger partial charge on any atom is 0.221 e. The molecule has 0 unspecified atom stereocenters. The summed E-state index contributed by atoms with van der Waals surface area (Å²) >= 11 is 0. The number of likely N-dealkylation sites (N-methyl/N-ethyl adjacent to an activating group) is 1. The Morgan fingerprint density at radius 2 is 1.75 bits per heavy atom. The number of nitrogens with one attached hydrogen (secondary N) is 1. The summed E-state index contributed by atoms with van der Waals surface area (Å²) in [6.07, 6.45) is 5.08. The highest BCUT2D eigenvalue weighted by Crippen LogP contribution is 2.28. The van der Waals surface area contributed by atoms with Crippen molar-refractivity contribution in [1.29, 1.82) is 0 Å². The van der Waals surface area contributed by atoms with Gasteiger partial charge in [-0.3, -0.25) is 4.79 Å². The average Bonchev–Trinajstić information content (AvgIpc) is 2.95. The van der Waals surface area contributed by atoms with Gasteiger partial charge in [0, 0.05) is 45.7 Å². The molecule has 1 saturated heterocycles. The molecule has 0 atom stereocenters. The van der Waals surface area contributed by atoms with Gasteiger partial charge in [0.1, 0.15) is 0 Å². The van der Waals surface area contributed by atoms with E-state index in [4.69, 9.17) is 5.73 Å². The van der Waals surface area contributed by atoms with E-state index in [1.54, 1.807) is 0 Å². The number of nitrogens with zero attached hydrogens (tertiary/aromatic N) is 2. The lowest BCUT2D eigenvalue weighted by atomic mass is 9.97.